The Kier molecular flexibility index (Phi) is 4.56. The van der Waals surface area contributed by atoms with Gasteiger partial charge >= 0.3 is 0 Å². The first kappa shape index (κ1) is 21.4. The van der Waals surface area contributed by atoms with E-state index in [1.807, 2.05) is 18.2 Å². The molecule has 0 amide bonds. The zero-order valence-electron chi connectivity index (χ0n) is 20.8. The second-order valence-electron chi connectivity index (χ2n) is 10.3. The fourth-order valence-electron chi connectivity index (χ4n) is 6.00. The van der Waals surface area contributed by atoms with Crippen molar-refractivity contribution >= 4 is 27.6 Å². The molecule has 0 aliphatic carbocycles. The lowest BCUT2D eigenvalue weighted by molar-refractivity contribution is -0.660. The van der Waals surface area contributed by atoms with Gasteiger partial charge in [0.2, 0.25) is 5.69 Å². The van der Waals surface area contributed by atoms with E-state index in [2.05, 4.69) is 99.1 Å². The third kappa shape index (κ3) is 3.01. The quantitative estimate of drug-likeness (QED) is 0.278. The number of hydrogen-bond donors (Lipinski definition) is 0. The predicted molar refractivity (Wildman–Crippen MR) is 142 cm³/mol. The van der Waals surface area contributed by atoms with Crippen LogP contribution in [0.3, 0.4) is 0 Å². The highest BCUT2D eigenvalue weighted by Crippen LogP contribution is 2.49. The molecule has 0 saturated carbocycles. The second-order valence-corrected chi connectivity index (χ2v) is 10.3. The topological polar surface area (TPSA) is 44.1 Å². The Bertz CT molecular complexity index is 1700. The number of hydrogen-bond acceptors (Lipinski definition) is 3. The van der Waals surface area contributed by atoms with Gasteiger partial charge in [-0.15, -0.1) is 0 Å². The molecular formula is C31H28N3O+. The van der Waals surface area contributed by atoms with Crippen LogP contribution in [0.2, 0.25) is 0 Å². The first-order chi connectivity index (χ1) is 16.8. The summed E-state index contributed by atoms with van der Waals surface area (Å²) in [6, 6.07) is 23.4. The first-order valence-electron chi connectivity index (χ1n) is 12.0. The Morgan fingerprint density at radius 2 is 1.69 bits per heavy atom. The number of anilines is 1. The van der Waals surface area contributed by atoms with Gasteiger partial charge in [-0.25, -0.2) is 4.57 Å². The van der Waals surface area contributed by atoms with E-state index in [-0.39, 0.29) is 5.41 Å². The molecule has 4 nitrogen and oxygen atoms in total. The Hall–Kier alpha value is -4.10. The van der Waals surface area contributed by atoms with E-state index in [1.165, 1.54) is 11.3 Å². The first-order valence-corrected chi connectivity index (χ1v) is 12.0. The summed E-state index contributed by atoms with van der Waals surface area (Å²) in [6.07, 6.45) is 2.06. The lowest BCUT2D eigenvalue weighted by Gasteiger charge is -2.21. The fourth-order valence-corrected chi connectivity index (χ4v) is 6.00. The van der Waals surface area contributed by atoms with Crippen molar-refractivity contribution in [2.24, 2.45) is 7.05 Å². The van der Waals surface area contributed by atoms with Gasteiger partial charge in [0, 0.05) is 53.2 Å². The van der Waals surface area contributed by atoms with Crippen LogP contribution in [0.15, 0.2) is 71.3 Å². The van der Waals surface area contributed by atoms with Crippen LogP contribution in [0.1, 0.15) is 30.5 Å². The van der Waals surface area contributed by atoms with Gasteiger partial charge in [-0.3, -0.25) is 0 Å². The van der Waals surface area contributed by atoms with Crippen molar-refractivity contribution in [3.63, 3.8) is 0 Å². The van der Waals surface area contributed by atoms with Crippen LogP contribution < -0.4 is 9.47 Å². The van der Waals surface area contributed by atoms with Crippen LogP contribution in [0.4, 0.5) is 5.69 Å². The summed E-state index contributed by atoms with van der Waals surface area (Å²) in [7, 11) is 4.20. The van der Waals surface area contributed by atoms with Crippen LogP contribution in [-0.4, -0.2) is 13.6 Å². The lowest BCUT2D eigenvalue weighted by Crippen LogP contribution is -2.30. The number of nitriles is 1. The molecule has 2 aromatic heterocycles. The van der Waals surface area contributed by atoms with Gasteiger partial charge in [-0.2, -0.15) is 5.26 Å². The van der Waals surface area contributed by atoms with E-state index in [9.17, 15) is 5.26 Å². The molecule has 0 fully saturated rings. The zero-order chi connectivity index (χ0) is 24.5. The zero-order valence-corrected chi connectivity index (χ0v) is 20.8. The van der Waals surface area contributed by atoms with Crippen molar-refractivity contribution in [1.82, 2.24) is 0 Å². The molecule has 4 heteroatoms. The number of rotatable bonds is 2. The van der Waals surface area contributed by atoms with E-state index in [0.29, 0.717) is 5.56 Å². The summed E-state index contributed by atoms with van der Waals surface area (Å²) in [6.45, 7) is 7.62. The van der Waals surface area contributed by atoms with Gasteiger partial charge in [0.15, 0.2) is 6.20 Å². The van der Waals surface area contributed by atoms with Crippen molar-refractivity contribution in [3.05, 3.63) is 83.6 Å². The summed E-state index contributed by atoms with van der Waals surface area (Å²) < 4.78 is 8.90. The van der Waals surface area contributed by atoms with E-state index in [0.717, 1.165) is 56.4 Å². The Morgan fingerprint density at radius 3 is 2.43 bits per heavy atom. The molecule has 1 aliphatic heterocycles. The Morgan fingerprint density at radius 1 is 0.943 bits per heavy atom. The SMILES string of the molecule is Cc1ccc2c(oc3c(-c4cccc5c4C(C)(C)CN5C)c(C#N)ccc32)c1-c1cccc[n+]1C. The molecule has 0 atom stereocenters. The molecule has 3 heterocycles. The number of furan rings is 1. The smallest absolute Gasteiger partial charge is 0.216 e. The minimum absolute atomic E-state index is 0.0406. The highest BCUT2D eigenvalue weighted by molar-refractivity contribution is 6.14. The van der Waals surface area contributed by atoms with Crippen molar-refractivity contribution < 1.29 is 8.98 Å². The molecule has 6 rings (SSSR count). The van der Waals surface area contributed by atoms with E-state index in [4.69, 9.17) is 4.42 Å². The van der Waals surface area contributed by atoms with E-state index >= 15 is 0 Å². The number of nitrogens with zero attached hydrogens (tertiary/aromatic N) is 3. The van der Waals surface area contributed by atoms with Gasteiger partial charge in [0.25, 0.3) is 0 Å². The van der Waals surface area contributed by atoms with Gasteiger partial charge in [-0.1, -0.05) is 38.1 Å². The van der Waals surface area contributed by atoms with Crippen LogP contribution in [0, 0.1) is 18.3 Å². The van der Waals surface area contributed by atoms with Crippen LogP contribution in [0.25, 0.3) is 44.3 Å². The average molecular weight is 459 g/mol. The molecule has 1 aliphatic rings. The lowest BCUT2D eigenvalue weighted by atomic mass is 9.80. The highest BCUT2D eigenvalue weighted by Gasteiger charge is 2.37. The largest absolute Gasteiger partial charge is 0.454 e. The molecule has 172 valence electrons. The molecular weight excluding hydrogens is 430 g/mol. The number of aryl methyl sites for hydroxylation is 2. The monoisotopic (exact) mass is 458 g/mol. The van der Waals surface area contributed by atoms with Crippen LogP contribution >= 0.6 is 0 Å². The van der Waals surface area contributed by atoms with Crippen molar-refractivity contribution in [2.75, 3.05) is 18.5 Å². The summed E-state index contributed by atoms with van der Waals surface area (Å²) in [5, 5.41) is 12.3. The Labute approximate surface area is 205 Å². The van der Waals surface area contributed by atoms with Gasteiger partial charge in [0.1, 0.15) is 18.2 Å². The molecule has 0 unspecified atom stereocenters. The van der Waals surface area contributed by atoms with Gasteiger partial charge in [0.05, 0.1) is 17.2 Å². The molecule has 0 bridgehead atoms. The standard InChI is InChI=1S/C31H28N3O/c1-19-12-14-21-22-15-13-20(17-32)27(23-9-8-11-25-28(23)31(2,3)18-34(25)5)30(22)35-29(21)26(19)24-10-6-7-16-33(24)4/h6-16H,18H2,1-5H3/q+1. The summed E-state index contributed by atoms with van der Waals surface area (Å²) in [4.78, 5) is 2.31. The number of benzene rings is 3. The summed E-state index contributed by atoms with van der Waals surface area (Å²) in [5.74, 6) is 0. The van der Waals surface area contributed by atoms with Crippen molar-refractivity contribution in [3.8, 4) is 28.5 Å². The van der Waals surface area contributed by atoms with E-state index in [1.54, 1.807) is 0 Å². The molecule has 3 aromatic carbocycles. The average Bonchev–Trinajstić information content (AvgIpc) is 3.32. The van der Waals surface area contributed by atoms with Crippen molar-refractivity contribution in [1.29, 1.82) is 5.26 Å². The summed E-state index contributed by atoms with van der Waals surface area (Å²) in [5.41, 5.74) is 10.1. The Balaban J connectivity index is 1.75. The highest BCUT2D eigenvalue weighted by atomic mass is 16.3. The molecule has 0 spiro atoms. The van der Waals surface area contributed by atoms with E-state index < -0.39 is 0 Å². The number of aromatic nitrogens is 1. The maximum Gasteiger partial charge on any atom is 0.216 e. The molecule has 35 heavy (non-hydrogen) atoms. The minimum atomic E-state index is -0.0406. The minimum Gasteiger partial charge on any atom is -0.454 e. The third-order valence-electron chi connectivity index (χ3n) is 7.48. The second kappa shape index (κ2) is 7.45. The van der Waals surface area contributed by atoms with Gasteiger partial charge in [-0.05, 0) is 47.9 Å². The molecule has 0 N–H and O–H groups in total. The number of fused-ring (bicyclic) bond motifs is 4. The maximum atomic E-state index is 10.2. The molecule has 5 aromatic rings. The molecule has 0 radical (unpaired) electrons. The van der Waals surface area contributed by atoms with Crippen LogP contribution in [0.5, 0.6) is 0 Å². The fraction of sp³-hybridized carbons (Fsp3) is 0.226. The maximum absolute atomic E-state index is 10.2. The van der Waals surface area contributed by atoms with Gasteiger partial charge < -0.3 is 9.32 Å². The number of pyridine rings is 1. The number of likely N-dealkylation sites (N-methyl/N-ethyl adjacent to an activating group) is 1. The molecule has 0 saturated heterocycles. The normalized spacial score (nSPS) is 14.5. The third-order valence-corrected chi connectivity index (χ3v) is 7.48. The summed E-state index contributed by atoms with van der Waals surface area (Å²) >= 11 is 0. The predicted octanol–water partition coefficient (Wildman–Crippen LogP) is 6.65. The van der Waals surface area contributed by atoms with Crippen LogP contribution in [-0.2, 0) is 12.5 Å². The van der Waals surface area contributed by atoms with Crippen molar-refractivity contribution in [2.45, 2.75) is 26.2 Å².